The zero-order valence-electron chi connectivity index (χ0n) is 12.6. The van der Waals surface area contributed by atoms with Gasteiger partial charge < -0.3 is 20.1 Å². The van der Waals surface area contributed by atoms with Crippen molar-refractivity contribution in [3.8, 4) is 0 Å². The molecule has 0 aliphatic heterocycles. The number of methoxy groups -OCH3 is 2. The molecule has 0 spiro atoms. The Labute approximate surface area is 142 Å². The van der Waals surface area contributed by atoms with E-state index in [0.717, 1.165) is 5.56 Å². The normalized spacial score (nSPS) is 12.5. The molecular formula is C14H23FIN3O2. The monoisotopic (exact) mass is 411 g/mol. The maximum atomic E-state index is 12.9. The molecule has 0 saturated carbocycles. The second kappa shape index (κ2) is 11.7. The number of guanidine groups is 1. The molecule has 1 atom stereocenters. The minimum absolute atomic E-state index is 0. The van der Waals surface area contributed by atoms with E-state index in [9.17, 15) is 4.39 Å². The fraction of sp³-hybridized carbons (Fsp3) is 0.500. The van der Waals surface area contributed by atoms with Crippen molar-refractivity contribution in [3.05, 3.63) is 35.6 Å². The quantitative estimate of drug-likeness (QED) is 0.312. The van der Waals surface area contributed by atoms with Gasteiger partial charge in [0, 0.05) is 34.4 Å². The van der Waals surface area contributed by atoms with Crippen LogP contribution in [0.1, 0.15) is 11.7 Å². The molecule has 0 aliphatic carbocycles. The molecule has 0 saturated heterocycles. The van der Waals surface area contributed by atoms with Gasteiger partial charge in [-0.3, -0.25) is 4.99 Å². The molecule has 0 amide bonds. The van der Waals surface area contributed by atoms with Crippen LogP contribution in [0.15, 0.2) is 29.3 Å². The Bertz CT molecular complexity index is 415. The number of benzene rings is 1. The first-order chi connectivity index (χ1) is 9.71. The summed E-state index contributed by atoms with van der Waals surface area (Å²) >= 11 is 0. The minimum Gasteiger partial charge on any atom is -0.383 e. The SMILES string of the molecule is CN=C(NCCOC)NCC(OC)c1ccc(F)cc1.I. The number of hydrogen-bond acceptors (Lipinski definition) is 3. The maximum absolute atomic E-state index is 12.9. The summed E-state index contributed by atoms with van der Waals surface area (Å²) in [6, 6.07) is 6.28. The van der Waals surface area contributed by atoms with E-state index in [-0.39, 0.29) is 35.9 Å². The molecule has 21 heavy (non-hydrogen) atoms. The molecule has 1 unspecified atom stereocenters. The number of halogens is 2. The van der Waals surface area contributed by atoms with Gasteiger partial charge in [-0.05, 0) is 17.7 Å². The predicted octanol–water partition coefficient (Wildman–Crippen LogP) is 1.94. The first-order valence-electron chi connectivity index (χ1n) is 6.43. The maximum Gasteiger partial charge on any atom is 0.191 e. The van der Waals surface area contributed by atoms with Crippen LogP contribution in [0.3, 0.4) is 0 Å². The van der Waals surface area contributed by atoms with Crippen molar-refractivity contribution in [1.82, 2.24) is 10.6 Å². The van der Waals surface area contributed by atoms with Crippen LogP contribution in [0.5, 0.6) is 0 Å². The summed E-state index contributed by atoms with van der Waals surface area (Å²) in [6.07, 6.45) is -0.170. The van der Waals surface area contributed by atoms with Crippen molar-refractivity contribution < 1.29 is 13.9 Å². The summed E-state index contributed by atoms with van der Waals surface area (Å²) in [4.78, 5) is 4.10. The lowest BCUT2D eigenvalue weighted by Crippen LogP contribution is -2.40. The summed E-state index contributed by atoms with van der Waals surface area (Å²) in [5, 5.41) is 6.27. The number of nitrogens with one attached hydrogen (secondary N) is 2. The lowest BCUT2D eigenvalue weighted by atomic mass is 10.1. The highest BCUT2D eigenvalue weighted by molar-refractivity contribution is 14.0. The van der Waals surface area contributed by atoms with Crippen molar-refractivity contribution in [2.24, 2.45) is 4.99 Å². The van der Waals surface area contributed by atoms with Crippen LogP contribution >= 0.6 is 24.0 Å². The van der Waals surface area contributed by atoms with Crippen LogP contribution in [0.25, 0.3) is 0 Å². The fourth-order valence-electron chi connectivity index (χ4n) is 1.70. The first kappa shape index (κ1) is 20.1. The van der Waals surface area contributed by atoms with Gasteiger partial charge in [0.25, 0.3) is 0 Å². The Hall–Kier alpha value is -0.930. The number of nitrogens with zero attached hydrogens (tertiary/aromatic N) is 1. The van der Waals surface area contributed by atoms with Gasteiger partial charge in [-0.1, -0.05) is 12.1 Å². The Morgan fingerprint density at radius 2 is 1.90 bits per heavy atom. The van der Waals surface area contributed by atoms with Gasteiger partial charge in [0.15, 0.2) is 5.96 Å². The molecule has 0 radical (unpaired) electrons. The highest BCUT2D eigenvalue weighted by atomic mass is 127. The lowest BCUT2D eigenvalue weighted by Gasteiger charge is -2.18. The molecule has 0 aromatic heterocycles. The average Bonchev–Trinajstić information content (AvgIpc) is 2.47. The smallest absolute Gasteiger partial charge is 0.191 e. The van der Waals surface area contributed by atoms with E-state index < -0.39 is 0 Å². The second-order valence-corrected chi connectivity index (χ2v) is 4.15. The third-order valence-electron chi connectivity index (χ3n) is 2.80. The zero-order valence-corrected chi connectivity index (χ0v) is 14.9. The van der Waals surface area contributed by atoms with Crippen molar-refractivity contribution in [3.63, 3.8) is 0 Å². The Morgan fingerprint density at radius 3 is 2.43 bits per heavy atom. The minimum atomic E-state index is -0.256. The first-order valence-corrected chi connectivity index (χ1v) is 6.43. The molecular weight excluding hydrogens is 388 g/mol. The number of aliphatic imine (C=N–C) groups is 1. The molecule has 2 N–H and O–H groups in total. The second-order valence-electron chi connectivity index (χ2n) is 4.15. The summed E-state index contributed by atoms with van der Waals surface area (Å²) in [5.41, 5.74) is 0.911. The molecule has 1 aromatic rings. The van der Waals surface area contributed by atoms with E-state index in [4.69, 9.17) is 9.47 Å². The summed E-state index contributed by atoms with van der Waals surface area (Å²) in [5.74, 6) is 0.416. The van der Waals surface area contributed by atoms with Gasteiger partial charge in [-0.2, -0.15) is 0 Å². The molecule has 0 heterocycles. The molecule has 0 bridgehead atoms. The van der Waals surface area contributed by atoms with E-state index in [2.05, 4.69) is 15.6 Å². The predicted molar refractivity (Wildman–Crippen MR) is 92.8 cm³/mol. The fourth-order valence-corrected chi connectivity index (χ4v) is 1.70. The van der Waals surface area contributed by atoms with Gasteiger partial charge in [0.2, 0.25) is 0 Å². The van der Waals surface area contributed by atoms with E-state index >= 15 is 0 Å². The van der Waals surface area contributed by atoms with Gasteiger partial charge in [0.05, 0.1) is 12.7 Å². The number of rotatable bonds is 7. The van der Waals surface area contributed by atoms with Gasteiger partial charge in [-0.25, -0.2) is 4.39 Å². The summed E-state index contributed by atoms with van der Waals surface area (Å²) in [7, 11) is 4.96. The molecule has 7 heteroatoms. The Balaban J connectivity index is 0.00000400. The van der Waals surface area contributed by atoms with Crippen LogP contribution in [-0.2, 0) is 9.47 Å². The summed E-state index contributed by atoms with van der Waals surface area (Å²) in [6.45, 7) is 1.81. The average molecular weight is 411 g/mol. The van der Waals surface area contributed by atoms with Crippen LogP contribution in [-0.4, -0.2) is 46.9 Å². The van der Waals surface area contributed by atoms with Crippen LogP contribution in [0.2, 0.25) is 0 Å². The van der Waals surface area contributed by atoms with Gasteiger partial charge >= 0.3 is 0 Å². The van der Waals surface area contributed by atoms with E-state index in [1.807, 2.05) is 0 Å². The molecule has 0 fully saturated rings. The van der Waals surface area contributed by atoms with Crippen molar-refractivity contribution in [2.45, 2.75) is 6.10 Å². The lowest BCUT2D eigenvalue weighted by molar-refractivity contribution is 0.106. The van der Waals surface area contributed by atoms with E-state index in [0.29, 0.717) is 25.7 Å². The van der Waals surface area contributed by atoms with Gasteiger partial charge in [-0.15, -0.1) is 24.0 Å². The van der Waals surface area contributed by atoms with Crippen LogP contribution in [0.4, 0.5) is 4.39 Å². The van der Waals surface area contributed by atoms with Crippen LogP contribution in [0, 0.1) is 5.82 Å². The van der Waals surface area contributed by atoms with Crippen LogP contribution < -0.4 is 10.6 Å². The third kappa shape index (κ3) is 7.58. The largest absolute Gasteiger partial charge is 0.383 e. The highest BCUT2D eigenvalue weighted by Gasteiger charge is 2.11. The summed E-state index contributed by atoms with van der Waals surface area (Å²) < 4.78 is 23.3. The highest BCUT2D eigenvalue weighted by Crippen LogP contribution is 2.15. The standard InChI is InChI=1S/C14H22FN3O2.HI/c1-16-14(17-8-9-19-2)18-10-13(20-3)11-4-6-12(15)7-5-11;/h4-7,13H,8-10H2,1-3H3,(H2,16,17,18);1H. The Kier molecular flexibility index (Phi) is 11.2. The molecule has 5 nitrogen and oxygen atoms in total. The number of hydrogen-bond donors (Lipinski definition) is 2. The van der Waals surface area contributed by atoms with Crippen molar-refractivity contribution in [2.75, 3.05) is 41.0 Å². The molecule has 0 aliphatic rings. The van der Waals surface area contributed by atoms with Crippen molar-refractivity contribution >= 4 is 29.9 Å². The molecule has 1 aromatic carbocycles. The number of ether oxygens (including phenoxy) is 2. The zero-order chi connectivity index (χ0) is 14.8. The van der Waals surface area contributed by atoms with E-state index in [1.54, 1.807) is 33.4 Å². The molecule has 120 valence electrons. The topological polar surface area (TPSA) is 54.9 Å². The van der Waals surface area contributed by atoms with Gasteiger partial charge in [0.1, 0.15) is 5.82 Å². The Morgan fingerprint density at radius 1 is 1.24 bits per heavy atom. The van der Waals surface area contributed by atoms with Crippen molar-refractivity contribution in [1.29, 1.82) is 0 Å². The molecule has 1 rings (SSSR count). The van der Waals surface area contributed by atoms with E-state index in [1.165, 1.54) is 12.1 Å². The third-order valence-corrected chi connectivity index (χ3v) is 2.80.